The zero-order valence-electron chi connectivity index (χ0n) is 21.4. The van der Waals surface area contributed by atoms with Crippen LogP contribution in [0.1, 0.15) is 59.3 Å². The van der Waals surface area contributed by atoms with Gasteiger partial charge in [-0.2, -0.15) is 0 Å². The van der Waals surface area contributed by atoms with E-state index in [1.54, 1.807) is 0 Å². The van der Waals surface area contributed by atoms with Crippen LogP contribution in [0.5, 0.6) is 5.75 Å². The van der Waals surface area contributed by atoms with E-state index in [1.807, 2.05) is 4.90 Å². The molecule has 1 amide bonds. The van der Waals surface area contributed by atoms with Crippen LogP contribution in [-0.4, -0.2) is 69.8 Å². The topological polar surface area (TPSA) is 70.6 Å². The molecular formula is C26H36F3N5O2. The third-order valence-electron chi connectivity index (χ3n) is 7.76. The van der Waals surface area contributed by atoms with Gasteiger partial charge >= 0.3 is 6.36 Å². The summed E-state index contributed by atoms with van der Waals surface area (Å²) in [7, 11) is 2.19. The van der Waals surface area contributed by atoms with E-state index in [9.17, 15) is 18.0 Å². The molecule has 4 atom stereocenters. The monoisotopic (exact) mass is 507 g/mol. The third kappa shape index (κ3) is 5.85. The van der Waals surface area contributed by atoms with Gasteiger partial charge in [0.05, 0.1) is 5.52 Å². The number of carbonyl (C=O) groups is 1. The highest BCUT2D eigenvalue weighted by atomic mass is 19.4. The molecule has 1 aliphatic carbocycles. The number of amides is 1. The van der Waals surface area contributed by atoms with E-state index in [0.717, 1.165) is 32.1 Å². The molecule has 2 fully saturated rings. The minimum absolute atomic E-state index is 0.0335. The first kappa shape index (κ1) is 26.4. The number of hydrogen-bond donors (Lipinski definition) is 1. The van der Waals surface area contributed by atoms with E-state index in [-0.39, 0.29) is 17.7 Å². The number of benzene rings is 1. The van der Waals surface area contributed by atoms with Crippen LogP contribution in [0.15, 0.2) is 24.5 Å². The summed E-state index contributed by atoms with van der Waals surface area (Å²) >= 11 is 0. The number of fused-ring (bicyclic) bond motifs is 1. The number of nitrogens with zero attached hydrogens (tertiary/aromatic N) is 4. The standard InChI is InChI=1S/C26H36F3N5O2/c1-5-6-17-13-18(33(4)16(2)3)7-10-23(17)34-12-11-22(25(34)35)32-24-20-14-19(36-26(27,28)29)8-9-21(20)30-15-31-24/h8-9,14-18,22-23H,5-7,10-13H2,1-4H3,(H,30,31,32)/t17-,18-,22?,23+/m1/s1. The molecule has 1 saturated carbocycles. The fourth-order valence-corrected chi connectivity index (χ4v) is 5.78. The molecule has 4 rings (SSSR count). The molecule has 0 radical (unpaired) electrons. The Labute approximate surface area is 210 Å². The minimum atomic E-state index is -4.79. The first-order valence-electron chi connectivity index (χ1n) is 12.9. The number of alkyl halides is 3. The third-order valence-corrected chi connectivity index (χ3v) is 7.76. The number of hydrogen-bond acceptors (Lipinski definition) is 6. The van der Waals surface area contributed by atoms with Gasteiger partial charge in [-0.1, -0.05) is 13.3 Å². The molecule has 1 saturated heterocycles. The summed E-state index contributed by atoms with van der Waals surface area (Å²) < 4.78 is 42.2. The summed E-state index contributed by atoms with van der Waals surface area (Å²) in [5, 5.41) is 3.58. The van der Waals surface area contributed by atoms with Crippen molar-refractivity contribution in [2.45, 2.75) is 89.8 Å². The van der Waals surface area contributed by atoms with Crippen molar-refractivity contribution in [1.29, 1.82) is 0 Å². The highest BCUT2D eigenvalue weighted by Crippen LogP contribution is 2.37. The maximum absolute atomic E-state index is 13.5. The van der Waals surface area contributed by atoms with Crippen LogP contribution in [0.2, 0.25) is 0 Å². The van der Waals surface area contributed by atoms with Gasteiger partial charge in [-0.25, -0.2) is 9.97 Å². The van der Waals surface area contributed by atoms with Crippen LogP contribution >= 0.6 is 0 Å². The van der Waals surface area contributed by atoms with Crippen LogP contribution in [-0.2, 0) is 4.79 Å². The quantitative estimate of drug-likeness (QED) is 0.528. The molecule has 0 spiro atoms. The summed E-state index contributed by atoms with van der Waals surface area (Å²) in [4.78, 5) is 26.4. The molecule has 2 aromatic rings. The van der Waals surface area contributed by atoms with Crippen LogP contribution in [0.4, 0.5) is 19.0 Å². The van der Waals surface area contributed by atoms with Crippen LogP contribution < -0.4 is 10.1 Å². The molecule has 7 nitrogen and oxygen atoms in total. The van der Waals surface area contributed by atoms with E-state index in [0.29, 0.717) is 47.7 Å². The molecule has 198 valence electrons. The Kier molecular flexibility index (Phi) is 7.92. The number of nitrogens with one attached hydrogen (secondary N) is 1. The second-order valence-corrected chi connectivity index (χ2v) is 10.3. The van der Waals surface area contributed by atoms with Gasteiger partial charge in [0.1, 0.15) is 23.9 Å². The summed E-state index contributed by atoms with van der Waals surface area (Å²) in [5.74, 6) is 0.476. The van der Waals surface area contributed by atoms with E-state index in [2.05, 4.69) is 52.7 Å². The van der Waals surface area contributed by atoms with Crippen molar-refractivity contribution in [3.63, 3.8) is 0 Å². The molecule has 10 heteroatoms. The maximum Gasteiger partial charge on any atom is 0.573 e. The molecule has 2 aliphatic rings. The van der Waals surface area contributed by atoms with Crippen molar-refractivity contribution < 1.29 is 22.7 Å². The van der Waals surface area contributed by atoms with E-state index in [1.165, 1.54) is 24.5 Å². The lowest BCUT2D eigenvalue weighted by Crippen LogP contribution is -2.51. The lowest BCUT2D eigenvalue weighted by Gasteiger charge is -2.44. The number of ether oxygens (including phenoxy) is 1. The number of likely N-dealkylation sites (tertiary alicyclic amines) is 1. The maximum atomic E-state index is 13.5. The average molecular weight is 508 g/mol. The number of halogens is 3. The number of anilines is 1. The second-order valence-electron chi connectivity index (χ2n) is 10.3. The summed E-state index contributed by atoms with van der Waals surface area (Å²) in [5.41, 5.74) is 0.472. The zero-order chi connectivity index (χ0) is 26.0. The Morgan fingerprint density at radius 1 is 1.22 bits per heavy atom. The predicted octanol–water partition coefficient (Wildman–Crippen LogP) is 5.22. The predicted molar refractivity (Wildman–Crippen MR) is 133 cm³/mol. The van der Waals surface area contributed by atoms with Crippen LogP contribution in [0.3, 0.4) is 0 Å². The molecular weight excluding hydrogens is 471 g/mol. The van der Waals surface area contributed by atoms with Gasteiger partial charge in [-0.3, -0.25) is 4.79 Å². The van der Waals surface area contributed by atoms with Crippen molar-refractivity contribution in [2.75, 3.05) is 18.9 Å². The number of rotatable bonds is 8. The summed E-state index contributed by atoms with van der Waals surface area (Å²) in [6.45, 7) is 7.30. The molecule has 1 aromatic heterocycles. The SMILES string of the molecule is CCC[C@@H]1C[C@H](N(C)C(C)C)CC[C@@H]1N1CCC(Nc2ncnc3ccc(OC(F)(F)F)cc23)C1=O. The number of aromatic nitrogens is 2. The first-order valence-corrected chi connectivity index (χ1v) is 12.9. The van der Waals surface area contributed by atoms with Gasteiger partial charge in [-0.05, 0) is 77.1 Å². The summed E-state index contributed by atoms with van der Waals surface area (Å²) in [6.07, 6.45) is 2.49. The van der Waals surface area contributed by atoms with Crippen molar-refractivity contribution in [3.8, 4) is 5.75 Å². The van der Waals surface area contributed by atoms with Gasteiger partial charge in [0.25, 0.3) is 0 Å². The van der Waals surface area contributed by atoms with Crippen LogP contribution in [0, 0.1) is 5.92 Å². The van der Waals surface area contributed by atoms with E-state index in [4.69, 9.17) is 0 Å². The molecule has 36 heavy (non-hydrogen) atoms. The molecule has 1 unspecified atom stereocenters. The lowest BCUT2D eigenvalue weighted by molar-refractivity contribution is -0.274. The molecule has 1 aliphatic heterocycles. The fraction of sp³-hybridized carbons (Fsp3) is 0.654. The van der Waals surface area contributed by atoms with Crippen LogP contribution in [0.25, 0.3) is 10.9 Å². The Hall–Kier alpha value is -2.62. The Balaban J connectivity index is 1.49. The molecule has 0 bridgehead atoms. The average Bonchev–Trinajstić information content (AvgIpc) is 3.17. The molecule has 1 aromatic carbocycles. The highest BCUT2D eigenvalue weighted by molar-refractivity contribution is 5.93. The zero-order valence-corrected chi connectivity index (χ0v) is 21.4. The van der Waals surface area contributed by atoms with Crippen molar-refractivity contribution in [1.82, 2.24) is 19.8 Å². The highest BCUT2D eigenvalue weighted by Gasteiger charge is 2.42. The van der Waals surface area contributed by atoms with Gasteiger partial charge < -0.3 is 19.9 Å². The lowest BCUT2D eigenvalue weighted by atomic mass is 9.77. The van der Waals surface area contributed by atoms with Crippen molar-refractivity contribution in [3.05, 3.63) is 24.5 Å². The van der Waals surface area contributed by atoms with E-state index >= 15 is 0 Å². The smallest absolute Gasteiger partial charge is 0.406 e. The first-order chi connectivity index (χ1) is 17.1. The molecule has 1 N–H and O–H groups in total. The van der Waals surface area contributed by atoms with Gasteiger partial charge in [0.2, 0.25) is 5.91 Å². The molecule has 2 heterocycles. The largest absolute Gasteiger partial charge is 0.573 e. The Morgan fingerprint density at radius 2 is 2.00 bits per heavy atom. The number of carbonyl (C=O) groups excluding carboxylic acids is 1. The second kappa shape index (κ2) is 10.8. The Bertz CT molecular complexity index is 1060. The van der Waals surface area contributed by atoms with Gasteiger partial charge in [-0.15, -0.1) is 13.2 Å². The fourth-order valence-electron chi connectivity index (χ4n) is 5.78. The van der Waals surface area contributed by atoms with Gasteiger partial charge in [0.15, 0.2) is 0 Å². The summed E-state index contributed by atoms with van der Waals surface area (Å²) in [6, 6.07) is 4.69. The Morgan fingerprint density at radius 3 is 2.69 bits per heavy atom. The van der Waals surface area contributed by atoms with E-state index < -0.39 is 12.4 Å². The minimum Gasteiger partial charge on any atom is -0.406 e. The van der Waals surface area contributed by atoms with Crippen molar-refractivity contribution >= 4 is 22.6 Å². The van der Waals surface area contributed by atoms with Crippen molar-refractivity contribution in [2.24, 2.45) is 5.92 Å². The normalized spacial score (nSPS) is 25.2. The van der Waals surface area contributed by atoms with Gasteiger partial charge in [0, 0.05) is 30.1 Å².